The molecule has 2 N–H and O–H groups in total. The molecule has 2 aromatic rings. The van der Waals surface area contributed by atoms with Gasteiger partial charge >= 0.3 is 0 Å². The molecule has 32 heavy (non-hydrogen) atoms. The van der Waals surface area contributed by atoms with Gasteiger partial charge in [0, 0.05) is 56.5 Å². The van der Waals surface area contributed by atoms with Crippen LogP contribution in [0.4, 0.5) is 0 Å². The zero-order valence-corrected chi connectivity index (χ0v) is 18.9. The summed E-state index contributed by atoms with van der Waals surface area (Å²) in [5.74, 6) is 0.0852. The highest BCUT2D eigenvalue weighted by Crippen LogP contribution is 2.39. The molecule has 1 aliphatic heterocycles. The van der Waals surface area contributed by atoms with E-state index in [4.69, 9.17) is 4.74 Å². The zero-order valence-electron chi connectivity index (χ0n) is 18.9. The molecule has 2 aliphatic rings. The van der Waals surface area contributed by atoms with Crippen LogP contribution in [0, 0.1) is 0 Å². The number of aromatic nitrogens is 2. The average molecular weight is 441 g/mol. The van der Waals surface area contributed by atoms with Gasteiger partial charge in [0.2, 0.25) is 5.91 Å². The number of aliphatic hydroxyl groups excluding tert-OH is 1. The molecule has 174 valence electrons. The van der Waals surface area contributed by atoms with Crippen molar-refractivity contribution in [1.82, 2.24) is 20.0 Å². The number of aryl methyl sites for hydroxylation is 1. The van der Waals surface area contributed by atoms with E-state index in [1.165, 1.54) is 5.56 Å². The van der Waals surface area contributed by atoms with Gasteiger partial charge in [-0.25, -0.2) is 0 Å². The van der Waals surface area contributed by atoms with Crippen LogP contribution in [0.5, 0.6) is 0 Å². The number of nitrogens with zero attached hydrogens (tertiary/aromatic N) is 3. The summed E-state index contributed by atoms with van der Waals surface area (Å²) >= 11 is 0. The van der Waals surface area contributed by atoms with Crippen LogP contribution in [0.2, 0.25) is 0 Å². The minimum Gasteiger partial charge on any atom is -0.391 e. The molecule has 7 nitrogen and oxygen atoms in total. The number of carbonyl (C=O) groups is 1. The summed E-state index contributed by atoms with van der Waals surface area (Å²) in [7, 11) is 0. The van der Waals surface area contributed by atoms with Gasteiger partial charge in [-0.3, -0.25) is 14.4 Å². The van der Waals surface area contributed by atoms with E-state index in [0.717, 1.165) is 65.0 Å². The van der Waals surface area contributed by atoms with Gasteiger partial charge in [0.15, 0.2) is 0 Å². The Hall–Kier alpha value is -2.22. The van der Waals surface area contributed by atoms with Gasteiger partial charge in [-0.1, -0.05) is 30.3 Å². The Morgan fingerprint density at radius 1 is 1.16 bits per heavy atom. The van der Waals surface area contributed by atoms with Gasteiger partial charge in [-0.15, -0.1) is 0 Å². The van der Waals surface area contributed by atoms with Crippen LogP contribution in [-0.2, 0) is 21.5 Å². The molecule has 0 bridgehead atoms. The van der Waals surface area contributed by atoms with Crippen LogP contribution in [0.1, 0.15) is 44.1 Å². The van der Waals surface area contributed by atoms with Crippen molar-refractivity contribution in [3.8, 4) is 0 Å². The molecule has 4 rings (SSSR count). The van der Waals surface area contributed by atoms with Crippen molar-refractivity contribution in [3.63, 3.8) is 0 Å². The van der Waals surface area contributed by atoms with Gasteiger partial charge < -0.3 is 15.2 Å². The Kier molecular flexibility index (Phi) is 7.95. The number of hydrogen-bond donors (Lipinski definition) is 2. The lowest BCUT2D eigenvalue weighted by molar-refractivity contribution is -0.121. The molecule has 7 heteroatoms. The van der Waals surface area contributed by atoms with Crippen LogP contribution in [0.15, 0.2) is 48.8 Å². The lowest BCUT2D eigenvalue weighted by Crippen LogP contribution is -2.48. The van der Waals surface area contributed by atoms with E-state index in [9.17, 15) is 9.90 Å². The van der Waals surface area contributed by atoms with Crippen LogP contribution < -0.4 is 5.32 Å². The molecular formula is C25H36N4O3. The minimum atomic E-state index is -0.344. The zero-order chi connectivity index (χ0) is 22.2. The standard InChI is InChI=1S/C25H36N4O3/c30-23-10-12-25(21-6-2-1-3-7-21,11-9-22(23)28-16-18-32-19-17-28)20-26-24(31)8-4-14-29-15-5-13-27-29/h1-3,5-7,13,15,22-23,30H,4,8-12,14,16-20H2,(H,26,31)/t22-,23-,25-/m1/s1. The van der Waals surface area contributed by atoms with Gasteiger partial charge in [0.05, 0.1) is 19.3 Å². The SMILES string of the molecule is O=C(CCCn1cccn1)NC[C@]1(c2ccccc2)CC[C@@H](O)[C@H](N2CCOCC2)CC1. The predicted molar refractivity (Wildman–Crippen MR) is 123 cm³/mol. The van der Waals surface area contributed by atoms with E-state index in [-0.39, 0.29) is 23.5 Å². The first kappa shape index (κ1) is 23.0. The van der Waals surface area contributed by atoms with Crippen molar-refractivity contribution in [3.05, 3.63) is 54.4 Å². The van der Waals surface area contributed by atoms with Gasteiger partial charge in [-0.05, 0) is 43.7 Å². The predicted octanol–water partition coefficient (Wildman–Crippen LogP) is 2.35. The van der Waals surface area contributed by atoms with Crippen molar-refractivity contribution in [1.29, 1.82) is 0 Å². The Morgan fingerprint density at radius 3 is 2.69 bits per heavy atom. The van der Waals surface area contributed by atoms with E-state index in [1.54, 1.807) is 6.20 Å². The average Bonchev–Trinajstić information content (AvgIpc) is 3.29. The second-order valence-electron chi connectivity index (χ2n) is 9.16. The molecular weight excluding hydrogens is 404 g/mol. The van der Waals surface area contributed by atoms with Crippen molar-refractivity contribution >= 4 is 5.91 Å². The van der Waals surface area contributed by atoms with E-state index >= 15 is 0 Å². The van der Waals surface area contributed by atoms with E-state index < -0.39 is 0 Å². The fourth-order valence-corrected chi connectivity index (χ4v) is 5.24. The van der Waals surface area contributed by atoms with Gasteiger partial charge in [-0.2, -0.15) is 5.10 Å². The van der Waals surface area contributed by atoms with E-state index in [0.29, 0.717) is 13.0 Å². The van der Waals surface area contributed by atoms with Crippen LogP contribution in [0.25, 0.3) is 0 Å². The van der Waals surface area contributed by atoms with Crippen LogP contribution >= 0.6 is 0 Å². The first-order valence-corrected chi connectivity index (χ1v) is 12.0. The van der Waals surface area contributed by atoms with E-state index in [1.807, 2.05) is 23.0 Å². The first-order valence-electron chi connectivity index (χ1n) is 12.0. The molecule has 2 fully saturated rings. The molecule has 1 aliphatic carbocycles. The fraction of sp³-hybridized carbons (Fsp3) is 0.600. The lowest BCUT2D eigenvalue weighted by Gasteiger charge is -2.37. The second kappa shape index (κ2) is 11.1. The number of hydrogen-bond acceptors (Lipinski definition) is 5. The Labute approximate surface area is 190 Å². The Morgan fingerprint density at radius 2 is 1.94 bits per heavy atom. The summed E-state index contributed by atoms with van der Waals surface area (Å²) in [6, 6.07) is 12.6. The number of benzene rings is 1. The number of morpholine rings is 1. The maximum absolute atomic E-state index is 12.6. The highest BCUT2D eigenvalue weighted by Gasteiger charge is 2.40. The molecule has 1 aromatic carbocycles. The summed E-state index contributed by atoms with van der Waals surface area (Å²) in [6.07, 6.45) is 8.07. The molecule has 1 saturated heterocycles. The second-order valence-corrected chi connectivity index (χ2v) is 9.16. The maximum Gasteiger partial charge on any atom is 0.220 e. The first-order chi connectivity index (χ1) is 15.7. The van der Waals surface area contributed by atoms with E-state index in [2.05, 4.69) is 39.6 Å². The topological polar surface area (TPSA) is 79.6 Å². The monoisotopic (exact) mass is 440 g/mol. The van der Waals surface area contributed by atoms with Crippen molar-refractivity contribution in [2.75, 3.05) is 32.8 Å². The quantitative estimate of drug-likeness (QED) is 0.616. The third kappa shape index (κ3) is 5.77. The fourth-order valence-electron chi connectivity index (χ4n) is 5.24. The summed E-state index contributed by atoms with van der Waals surface area (Å²) in [4.78, 5) is 15.0. The summed E-state index contributed by atoms with van der Waals surface area (Å²) in [6.45, 7) is 4.60. The van der Waals surface area contributed by atoms with Crippen LogP contribution in [-0.4, -0.2) is 70.7 Å². The minimum absolute atomic E-state index is 0.0852. The Balaban J connectivity index is 1.40. The largest absolute Gasteiger partial charge is 0.391 e. The Bertz CT molecular complexity index is 823. The number of ether oxygens (including phenoxy) is 1. The highest BCUT2D eigenvalue weighted by atomic mass is 16.5. The van der Waals surface area contributed by atoms with Gasteiger partial charge in [0.1, 0.15) is 0 Å². The molecule has 0 radical (unpaired) electrons. The van der Waals surface area contributed by atoms with Crippen LogP contribution in [0.3, 0.4) is 0 Å². The summed E-state index contributed by atoms with van der Waals surface area (Å²) < 4.78 is 7.37. The molecule has 2 heterocycles. The molecule has 0 spiro atoms. The number of amides is 1. The number of rotatable bonds is 8. The molecule has 3 atom stereocenters. The maximum atomic E-state index is 12.6. The molecule has 1 amide bonds. The number of carbonyl (C=O) groups excluding carboxylic acids is 1. The third-order valence-corrected chi connectivity index (χ3v) is 7.16. The molecule has 0 unspecified atom stereocenters. The third-order valence-electron chi connectivity index (χ3n) is 7.16. The smallest absolute Gasteiger partial charge is 0.220 e. The van der Waals surface area contributed by atoms with Crippen molar-refractivity contribution in [2.24, 2.45) is 0 Å². The lowest BCUT2D eigenvalue weighted by atomic mass is 9.74. The highest BCUT2D eigenvalue weighted by molar-refractivity contribution is 5.76. The van der Waals surface area contributed by atoms with Crippen molar-refractivity contribution in [2.45, 2.75) is 62.6 Å². The molecule has 1 aromatic heterocycles. The van der Waals surface area contributed by atoms with Gasteiger partial charge in [0.25, 0.3) is 0 Å². The number of nitrogens with one attached hydrogen (secondary N) is 1. The number of aliphatic hydroxyl groups is 1. The van der Waals surface area contributed by atoms with Crippen molar-refractivity contribution < 1.29 is 14.6 Å². The molecule has 1 saturated carbocycles. The summed E-state index contributed by atoms with van der Waals surface area (Å²) in [5, 5.41) is 18.4. The summed E-state index contributed by atoms with van der Waals surface area (Å²) in [5.41, 5.74) is 1.10. The normalized spacial score (nSPS) is 27.0.